The number of hydrogen-bond donors (Lipinski definition) is 1. The van der Waals surface area contributed by atoms with Crippen molar-refractivity contribution in [1.29, 1.82) is 0 Å². The molecule has 106 valence electrons. The van der Waals surface area contributed by atoms with Crippen molar-refractivity contribution < 1.29 is 4.74 Å². The summed E-state index contributed by atoms with van der Waals surface area (Å²) in [5.74, 6) is 0. The number of likely N-dealkylation sites (N-methyl/N-ethyl adjacent to an activating group) is 1. The molecule has 19 heavy (non-hydrogen) atoms. The first-order valence-corrected chi connectivity index (χ1v) is 7.35. The van der Waals surface area contributed by atoms with Gasteiger partial charge in [-0.1, -0.05) is 31.2 Å². The smallest absolute Gasteiger partial charge is 0.0716 e. The third-order valence-corrected chi connectivity index (χ3v) is 3.99. The van der Waals surface area contributed by atoms with E-state index in [4.69, 9.17) is 4.74 Å². The topological polar surface area (TPSA) is 24.5 Å². The monoisotopic (exact) mass is 262 g/mol. The maximum absolute atomic E-state index is 5.30. The van der Waals surface area contributed by atoms with Crippen molar-refractivity contribution in [2.75, 3.05) is 26.7 Å². The van der Waals surface area contributed by atoms with E-state index in [1.54, 1.807) is 7.11 Å². The fourth-order valence-electron chi connectivity index (χ4n) is 2.87. The molecule has 0 aromatic heterocycles. The zero-order chi connectivity index (χ0) is 13.5. The Labute approximate surface area is 116 Å². The quantitative estimate of drug-likeness (QED) is 0.852. The summed E-state index contributed by atoms with van der Waals surface area (Å²) in [5.41, 5.74) is 2.71. The molecule has 1 atom stereocenters. The van der Waals surface area contributed by atoms with Crippen LogP contribution in [0.3, 0.4) is 0 Å². The van der Waals surface area contributed by atoms with Crippen molar-refractivity contribution in [3.63, 3.8) is 0 Å². The Morgan fingerprint density at radius 1 is 1.32 bits per heavy atom. The number of nitrogens with one attached hydrogen (secondary N) is 1. The third kappa shape index (κ3) is 4.03. The van der Waals surface area contributed by atoms with E-state index in [-0.39, 0.29) is 0 Å². The Balaban J connectivity index is 2.04. The van der Waals surface area contributed by atoms with E-state index in [9.17, 15) is 0 Å². The van der Waals surface area contributed by atoms with E-state index in [2.05, 4.69) is 41.4 Å². The Kier molecular flexibility index (Phi) is 5.83. The molecule has 0 radical (unpaired) electrons. The van der Waals surface area contributed by atoms with Crippen LogP contribution in [0.2, 0.25) is 0 Å². The molecule has 1 aliphatic heterocycles. The zero-order valence-corrected chi connectivity index (χ0v) is 12.2. The second kappa shape index (κ2) is 7.63. The normalized spacial score (nSPS) is 19.8. The molecule has 1 fully saturated rings. The number of hydrogen-bond acceptors (Lipinski definition) is 3. The predicted octanol–water partition coefficient (Wildman–Crippen LogP) is 2.41. The molecule has 1 aliphatic rings. The zero-order valence-electron chi connectivity index (χ0n) is 12.2. The number of methoxy groups -OCH3 is 1. The number of ether oxygens (including phenoxy) is 1. The lowest BCUT2D eigenvalue weighted by Crippen LogP contribution is -2.45. The fourth-order valence-corrected chi connectivity index (χ4v) is 2.87. The van der Waals surface area contributed by atoms with Gasteiger partial charge in [-0.05, 0) is 37.1 Å². The molecule has 1 aromatic carbocycles. The van der Waals surface area contributed by atoms with Gasteiger partial charge in [-0.25, -0.2) is 0 Å². The van der Waals surface area contributed by atoms with Gasteiger partial charge in [0.2, 0.25) is 0 Å². The molecule has 0 amide bonds. The highest BCUT2D eigenvalue weighted by Crippen LogP contribution is 2.17. The lowest BCUT2D eigenvalue weighted by atomic mass is 10.0. The molecule has 0 spiro atoms. The van der Waals surface area contributed by atoms with E-state index in [1.807, 2.05) is 0 Å². The van der Waals surface area contributed by atoms with Crippen molar-refractivity contribution in [1.82, 2.24) is 10.2 Å². The van der Waals surface area contributed by atoms with Crippen LogP contribution < -0.4 is 5.32 Å². The lowest BCUT2D eigenvalue weighted by molar-refractivity contribution is 0.160. The summed E-state index contributed by atoms with van der Waals surface area (Å²) in [6, 6.07) is 9.30. The molecule has 2 rings (SSSR count). The average molecular weight is 262 g/mol. The van der Waals surface area contributed by atoms with Crippen molar-refractivity contribution in [3.05, 3.63) is 35.4 Å². The minimum atomic E-state index is 0.675. The predicted molar refractivity (Wildman–Crippen MR) is 79.1 cm³/mol. The Bertz CT molecular complexity index is 375. The maximum atomic E-state index is 5.30. The van der Waals surface area contributed by atoms with Crippen LogP contribution in [0.5, 0.6) is 0 Å². The van der Waals surface area contributed by atoms with E-state index < -0.39 is 0 Å². The van der Waals surface area contributed by atoms with E-state index in [0.29, 0.717) is 12.6 Å². The Hall–Kier alpha value is -0.900. The highest BCUT2D eigenvalue weighted by atomic mass is 16.5. The van der Waals surface area contributed by atoms with Crippen molar-refractivity contribution >= 4 is 0 Å². The van der Waals surface area contributed by atoms with Crippen LogP contribution >= 0.6 is 0 Å². The van der Waals surface area contributed by atoms with Gasteiger partial charge in [-0.2, -0.15) is 0 Å². The summed E-state index contributed by atoms with van der Waals surface area (Å²) in [6.45, 7) is 7.40. The van der Waals surface area contributed by atoms with E-state index >= 15 is 0 Å². The molecule has 1 saturated heterocycles. The van der Waals surface area contributed by atoms with E-state index in [0.717, 1.165) is 19.6 Å². The molecule has 3 nitrogen and oxygen atoms in total. The van der Waals surface area contributed by atoms with Gasteiger partial charge in [0.15, 0.2) is 0 Å². The highest BCUT2D eigenvalue weighted by molar-refractivity contribution is 5.26. The molecule has 1 heterocycles. The van der Waals surface area contributed by atoms with Gasteiger partial charge in [0, 0.05) is 26.2 Å². The van der Waals surface area contributed by atoms with Gasteiger partial charge < -0.3 is 10.1 Å². The molecule has 0 bridgehead atoms. The van der Waals surface area contributed by atoms with Gasteiger partial charge >= 0.3 is 0 Å². The van der Waals surface area contributed by atoms with Crippen molar-refractivity contribution in [2.24, 2.45) is 0 Å². The van der Waals surface area contributed by atoms with Crippen LogP contribution in [0.15, 0.2) is 24.3 Å². The highest BCUT2D eigenvalue weighted by Gasteiger charge is 2.20. The van der Waals surface area contributed by atoms with Crippen LogP contribution in [0, 0.1) is 0 Å². The molecule has 1 unspecified atom stereocenters. The van der Waals surface area contributed by atoms with Crippen LogP contribution in [0.25, 0.3) is 0 Å². The van der Waals surface area contributed by atoms with Gasteiger partial charge in [-0.15, -0.1) is 0 Å². The maximum Gasteiger partial charge on any atom is 0.0716 e. The Morgan fingerprint density at radius 2 is 2.11 bits per heavy atom. The van der Waals surface area contributed by atoms with Gasteiger partial charge in [0.1, 0.15) is 0 Å². The second-order valence-corrected chi connectivity index (χ2v) is 5.26. The minimum absolute atomic E-state index is 0.675. The Morgan fingerprint density at radius 3 is 2.74 bits per heavy atom. The summed E-state index contributed by atoms with van der Waals surface area (Å²) in [5, 5.41) is 3.51. The van der Waals surface area contributed by atoms with Crippen LogP contribution in [0.1, 0.15) is 30.9 Å². The van der Waals surface area contributed by atoms with Crippen molar-refractivity contribution in [3.8, 4) is 0 Å². The molecule has 0 saturated carbocycles. The SMILES string of the molecule is CCN(Cc1ccccc1COC)C1CCCNC1. The van der Waals surface area contributed by atoms with Gasteiger partial charge in [0.05, 0.1) is 6.61 Å². The first kappa shape index (κ1) is 14.5. The molecular formula is C16H26N2O. The summed E-state index contributed by atoms with van der Waals surface area (Å²) in [6.07, 6.45) is 2.61. The number of piperidine rings is 1. The first-order chi connectivity index (χ1) is 9.35. The van der Waals surface area contributed by atoms with Gasteiger partial charge in [-0.3, -0.25) is 4.90 Å². The number of nitrogens with zero attached hydrogens (tertiary/aromatic N) is 1. The summed E-state index contributed by atoms with van der Waals surface area (Å²) in [7, 11) is 1.76. The molecule has 3 heteroatoms. The molecule has 0 aliphatic carbocycles. The van der Waals surface area contributed by atoms with Gasteiger partial charge in [0.25, 0.3) is 0 Å². The minimum Gasteiger partial charge on any atom is -0.380 e. The van der Waals surface area contributed by atoms with Crippen LogP contribution in [-0.4, -0.2) is 37.7 Å². The molecular weight excluding hydrogens is 236 g/mol. The van der Waals surface area contributed by atoms with Crippen molar-refractivity contribution in [2.45, 2.75) is 39.0 Å². The largest absolute Gasteiger partial charge is 0.380 e. The fraction of sp³-hybridized carbons (Fsp3) is 0.625. The third-order valence-electron chi connectivity index (χ3n) is 3.99. The van der Waals surface area contributed by atoms with Crippen LogP contribution in [0.4, 0.5) is 0 Å². The summed E-state index contributed by atoms with van der Waals surface area (Å²) in [4.78, 5) is 2.58. The van der Waals surface area contributed by atoms with E-state index in [1.165, 1.54) is 30.5 Å². The lowest BCUT2D eigenvalue weighted by Gasteiger charge is -2.34. The number of benzene rings is 1. The summed E-state index contributed by atoms with van der Waals surface area (Å²) < 4.78 is 5.30. The molecule has 1 N–H and O–H groups in total. The number of rotatable bonds is 6. The standard InChI is InChI=1S/C16H26N2O/c1-3-18(16-9-6-10-17-11-16)12-14-7-4-5-8-15(14)13-19-2/h4-5,7-8,16-17H,3,6,9-13H2,1-2H3. The first-order valence-electron chi connectivity index (χ1n) is 7.35. The summed E-state index contributed by atoms with van der Waals surface area (Å²) >= 11 is 0. The average Bonchev–Trinajstić information content (AvgIpc) is 2.47. The second-order valence-electron chi connectivity index (χ2n) is 5.26. The molecule has 1 aromatic rings. The van der Waals surface area contributed by atoms with Crippen LogP contribution in [-0.2, 0) is 17.9 Å².